The summed E-state index contributed by atoms with van der Waals surface area (Å²) in [6.07, 6.45) is 1.42. The Morgan fingerprint density at radius 1 is 1.29 bits per heavy atom. The van der Waals surface area contributed by atoms with Crippen LogP contribution in [0.25, 0.3) is 0 Å². The Balaban J connectivity index is 3.69. The predicted octanol–water partition coefficient (Wildman–Crippen LogP) is 1.10. The molecule has 0 bridgehead atoms. The van der Waals surface area contributed by atoms with Crippen LogP contribution in [-0.4, -0.2) is 14.7 Å². The molecule has 0 aromatic heterocycles. The maximum Gasteiger partial charge on any atom is 0.240 e. The molecular weight excluding hydrogens is 249 g/mol. The molecule has 0 aliphatic carbocycles. The van der Waals surface area contributed by atoms with Crippen LogP contribution in [-0.2, 0) is 14.8 Å². The summed E-state index contributed by atoms with van der Waals surface area (Å²) in [6.45, 7) is 0. The van der Waals surface area contributed by atoms with Crippen molar-refractivity contribution in [2.24, 2.45) is 5.14 Å². The minimum absolute atomic E-state index is 0.00897. The van der Waals surface area contributed by atoms with Gasteiger partial charge < -0.3 is 0 Å². The highest BCUT2D eigenvalue weighted by Gasteiger charge is 2.20. The molecule has 0 heterocycles. The monoisotopic (exact) mass is 252 g/mol. The van der Waals surface area contributed by atoms with Gasteiger partial charge in [-0.2, -0.15) is 0 Å². The van der Waals surface area contributed by atoms with Crippen molar-refractivity contribution in [2.45, 2.75) is 4.90 Å². The highest BCUT2D eigenvalue weighted by Crippen LogP contribution is 2.30. The summed E-state index contributed by atoms with van der Waals surface area (Å²) in [6, 6.07) is 2.47. The van der Waals surface area contributed by atoms with Crippen LogP contribution in [0.2, 0.25) is 10.0 Å². The second kappa shape index (κ2) is 3.86. The van der Waals surface area contributed by atoms with E-state index in [9.17, 15) is 13.2 Å². The Morgan fingerprint density at radius 3 is 2.29 bits per heavy atom. The molecule has 0 aliphatic rings. The van der Waals surface area contributed by atoms with Crippen molar-refractivity contribution in [3.63, 3.8) is 0 Å². The smallest absolute Gasteiger partial charge is 0.240 e. The third kappa shape index (κ3) is 2.06. The Morgan fingerprint density at radius 2 is 1.86 bits per heavy atom. The lowest BCUT2D eigenvalue weighted by atomic mass is 10.2. The van der Waals surface area contributed by atoms with Crippen LogP contribution >= 0.6 is 23.2 Å². The lowest BCUT2D eigenvalue weighted by Crippen LogP contribution is -2.15. The lowest BCUT2D eigenvalue weighted by molar-refractivity contribution is 0.561. The molecule has 1 aromatic carbocycles. The molecule has 4 nitrogen and oxygen atoms in total. The van der Waals surface area contributed by atoms with Crippen LogP contribution < -0.4 is 5.14 Å². The van der Waals surface area contributed by atoms with E-state index in [0.717, 1.165) is 0 Å². The first-order chi connectivity index (χ1) is 6.38. The SMILES string of the molecule is NS(=O)(=O)c1c([C]=O)ccc(Cl)c1Cl. The van der Waals surface area contributed by atoms with Crippen LogP contribution in [0.3, 0.4) is 0 Å². The average molecular weight is 253 g/mol. The quantitative estimate of drug-likeness (QED) is 0.857. The van der Waals surface area contributed by atoms with Gasteiger partial charge in [-0.25, -0.2) is 13.6 Å². The second-order valence-electron chi connectivity index (χ2n) is 2.39. The first-order valence-corrected chi connectivity index (χ1v) is 5.57. The van der Waals surface area contributed by atoms with Crippen LogP contribution in [0.1, 0.15) is 5.56 Å². The van der Waals surface area contributed by atoms with Gasteiger partial charge in [-0.15, -0.1) is 0 Å². The van der Waals surface area contributed by atoms with Crippen LogP contribution in [0.5, 0.6) is 0 Å². The van der Waals surface area contributed by atoms with Gasteiger partial charge in [-0.05, 0) is 12.1 Å². The number of nitrogens with two attached hydrogens (primary N) is 1. The van der Waals surface area contributed by atoms with E-state index < -0.39 is 14.9 Å². The van der Waals surface area contributed by atoms with Gasteiger partial charge in [-0.3, -0.25) is 4.79 Å². The predicted molar refractivity (Wildman–Crippen MR) is 52.6 cm³/mol. The van der Waals surface area contributed by atoms with Gasteiger partial charge in [0.15, 0.2) is 0 Å². The maximum absolute atomic E-state index is 11.0. The van der Waals surface area contributed by atoms with Crippen LogP contribution in [0, 0.1) is 0 Å². The Kier molecular flexibility index (Phi) is 3.16. The minimum Gasteiger partial charge on any atom is -0.285 e. The molecule has 0 aliphatic heterocycles. The van der Waals surface area contributed by atoms with Crippen molar-refractivity contribution in [1.29, 1.82) is 0 Å². The number of benzene rings is 1. The Labute approximate surface area is 90.7 Å². The zero-order chi connectivity index (χ0) is 10.9. The van der Waals surface area contributed by atoms with Crippen LogP contribution in [0.15, 0.2) is 17.0 Å². The summed E-state index contributed by atoms with van der Waals surface area (Å²) in [7, 11) is -4.08. The van der Waals surface area contributed by atoms with E-state index in [2.05, 4.69) is 0 Å². The number of carbonyl (C=O) groups excluding carboxylic acids is 1. The fourth-order valence-corrected chi connectivity index (χ4v) is 2.37. The maximum atomic E-state index is 11.0. The summed E-state index contributed by atoms with van der Waals surface area (Å²) in [5, 5.41) is 4.59. The topological polar surface area (TPSA) is 77.2 Å². The van der Waals surface area contributed by atoms with Crippen molar-refractivity contribution < 1.29 is 13.2 Å². The summed E-state index contributed by atoms with van der Waals surface area (Å²) in [5.74, 6) is 0. The molecule has 2 N–H and O–H groups in total. The molecular formula is C7H4Cl2NO3S. The van der Waals surface area contributed by atoms with Crippen molar-refractivity contribution in [3.8, 4) is 0 Å². The van der Waals surface area contributed by atoms with Gasteiger partial charge in [-0.1, -0.05) is 23.2 Å². The van der Waals surface area contributed by atoms with E-state index in [4.69, 9.17) is 28.3 Å². The fourth-order valence-electron chi connectivity index (χ4n) is 0.891. The van der Waals surface area contributed by atoms with E-state index in [-0.39, 0.29) is 15.6 Å². The number of hydrogen-bond acceptors (Lipinski definition) is 3. The van der Waals surface area contributed by atoms with Gasteiger partial charge in [0.25, 0.3) is 0 Å². The van der Waals surface area contributed by atoms with E-state index in [1.807, 2.05) is 0 Å². The third-order valence-corrected chi connectivity index (χ3v) is 3.35. The molecule has 0 atom stereocenters. The molecule has 1 radical (unpaired) electrons. The molecule has 0 amide bonds. The number of primary sulfonamides is 1. The standard InChI is InChI=1S/C7H4Cl2NO3S/c8-5-2-1-4(3-11)7(6(5)9)14(10,12)13/h1-2H,(H2,10,12,13). The zero-order valence-electron chi connectivity index (χ0n) is 6.62. The van der Waals surface area contributed by atoms with Crippen molar-refractivity contribution in [3.05, 3.63) is 27.7 Å². The van der Waals surface area contributed by atoms with E-state index >= 15 is 0 Å². The Bertz CT molecular complexity index is 484. The van der Waals surface area contributed by atoms with Gasteiger partial charge in [0, 0.05) is 5.56 Å². The Hall–Kier alpha value is -0.620. The molecule has 75 valence electrons. The summed E-state index contributed by atoms with van der Waals surface area (Å²) in [4.78, 5) is 9.89. The molecule has 7 heteroatoms. The van der Waals surface area contributed by atoms with Gasteiger partial charge >= 0.3 is 0 Å². The number of halogens is 2. The van der Waals surface area contributed by atoms with Crippen molar-refractivity contribution >= 4 is 39.5 Å². The molecule has 0 fully saturated rings. The largest absolute Gasteiger partial charge is 0.285 e. The number of hydrogen-bond donors (Lipinski definition) is 1. The number of rotatable bonds is 2. The molecule has 14 heavy (non-hydrogen) atoms. The highest BCUT2D eigenvalue weighted by atomic mass is 35.5. The summed E-state index contributed by atoms with van der Waals surface area (Å²) >= 11 is 11.2. The molecule has 0 saturated heterocycles. The third-order valence-electron chi connectivity index (χ3n) is 1.44. The highest BCUT2D eigenvalue weighted by molar-refractivity contribution is 7.89. The molecule has 0 unspecified atom stereocenters. The lowest BCUT2D eigenvalue weighted by Gasteiger charge is -2.05. The zero-order valence-corrected chi connectivity index (χ0v) is 8.95. The van der Waals surface area contributed by atoms with Crippen molar-refractivity contribution in [2.75, 3.05) is 0 Å². The van der Waals surface area contributed by atoms with E-state index in [0.29, 0.717) is 0 Å². The fraction of sp³-hybridized carbons (Fsp3) is 0. The van der Waals surface area contributed by atoms with Gasteiger partial charge in [0.1, 0.15) is 4.90 Å². The first kappa shape index (κ1) is 11.5. The first-order valence-electron chi connectivity index (χ1n) is 3.27. The van der Waals surface area contributed by atoms with E-state index in [1.54, 1.807) is 0 Å². The summed E-state index contributed by atoms with van der Waals surface area (Å²) < 4.78 is 22.1. The molecule has 0 saturated carbocycles. The number of sulfonamides is 1. The second-order valence-corrected chi connectivity index (χ2v) is 4.67. The van der Waals surface area contributed by atoms with E-state index in [1.165, 1.54) is 18.4 Å². The van der Waals surface area contributed by atoms with Crippen LogP contribution in [0.4, 0.5) is 0 Å². The molecule has 1 rings (SSSR count). The van der Waals surface area contributed by atoms with Gasteiger partial charge in [0.05, 0.1) is 10.0 Å². The average Bonchev–Trinajstić information content (AvgIpc) is 2.07. The summed E-state index contributed by atoms with van der Waals surface area (Å²) in [5.41, 5.74) is -0.234. The van der Waals surface area contributed by atoms with Crippen molar-refractivity contribution in [1.82, 2.24) is 0 Å². The minimum atomic E-state index is -4.08. The molecule has 1 aromatic rings. The van der Waals surface area contributed by atoms with Gasteiger partial charge in [0.2, 0.25) is 16.3 Å². The molecule has 0 spiro atoms. The normalized spacial score (nSPS) is 11.4.